The lowest BCUT2D eigenvalue weighted by Crippen LogP contribution is -2.70. The van der Waals surface area contributed by atoms with Crippen LogP contribution in [0.25, 0.3) is 0 Å². The summed E-state index contributed by atoms with van der Waals surface area (Å²) in [6.07, 6.45) is 4.80. The number of hydrogen-bond acceptors (Lipinski definition) is 3. The lowest BCUT2D eigenvalue weighted by Gasteiger charge is -2.50. The van der Waals surface area contributed by atoms with Gasteiger partial charge in [0.25, 0.3) is 0 Å². The Hall–Kier alpha value is -0.930. The largest absolute Gasteiger partial charge is 0.323 e. The van der Waals surface area contributed by atoms with Crippen LogP contribution in [0.15, 0.2) is 24.5 Å². The van der Waals surface area contributed by atoms with Crippen molar-refractivity contribution in [3.8, 4) is 0 Å². The molecule has 1 aliphatic rings. The van der Waals surface area contributed by atoms with Crippen molar-refractivity contribution in [2.24, 2.45) is 11.7 Å². The van der Waals surface area contributed by atoms with E-state index < -0.39 is 0 Å². The second-order valence-corrected chi connectivity index (χ2v) is 5.20. The molecular weight excluding hydrogens is 198 g/mol. The van der Waals surface area contributed by atoms with E-state index in [4.69, 9.17) is 5.73 Å². The molecule has 2 rings (SSSR count). The quantitative estimate of drug-likeness (QED) is 0.830. The van der Waals surface area contributed by atoms with Gasteiger partial charge in [0.1, 0.15) is 0 Å². The molecule has 1 fully saturated rings. The summed E-state index contributed by atoms with van der Waals surface area (Å²) in [7, 11) is 0. The standard InChI is InChI=1S/C13H21N3/c1-11(2)13(14)9-16(10-13)8-5-12-3-6-15-7-4-12/h3-4,6-7,11H,5,8-10,14H2,1-2H3. The zero-order valence-electron chi connectivity index (χ0n) is 10.2. The molecule has 3 nitrogen and oxygen atoms in total. The van der Waals surface area contributed by atoms with Gasteiger partial charge in [0.05, 0.1) is 0 Å². The van der Waals surface area contributed by atoms with Crippen LogP contribution < -0.4 is 5.73 Å². The zero-order valence-corrected chi connectivity index (χ0v) is 10.2. The molecule has 1 saturated heterocycles. The fourth-order valence-corrected chi connectivity index (χ4v) is 2.15. The molecule has 0 spiro atoms. The van der Waals surface area contributed by atoms with Gasteiger partial charge in [-0.3, -0.25) is 9.88 Å². The van der Waals surface area contributed by atoms with Crippen molar-refractivity contribution in [2.75, 3.05) is 19.6 Å². The van der Waals surface area contributed by atoms with Crippen molar-refractivity contribution < 1.29 is 0 Å². The van der Waals surface area contributed by atoms with Crippen molar-refractivity contribution in [2.45, 2.75) is 25.8 Å². The van der Waals surface area contributed by atoms with E-state index in [1.54, 1.807) is 0 Å². The van der Waals surface area contributed by atoms with Crippen LogP contribution in [0, 0.1) is 5.92 Å². The fourth-order valence-electron chi connectivity index (χ4n) is 2.15. The van der Waals surface area contributed by atoms with Crippen LogP contribution in [0.5, 0.6) is 0 Å². The normalized spacial score (nSPS) is 19.8. The van der Waals surface area contributed by atoms with E-state index in [0.29, 0.717) is 5.92 Å². The van der Waals surface area contributed by atoms with E-state index in [0.717, 1.165) is 26.1 Å². The third-order valence-corrected chi connectivity index (χ3v) is 3.65. The molecule has 1 aromatic heterocycles. The van der Waals surface area contributed by atoms with Crippen LogP contribution in [0.3, 0.4) is 0 Å². The van der Waals surface area contributed by atoms with E-state index in [-0.39, 0.29) is 5.54 Å². The van der Waals surface area contributed by atoms with Crippen LogP contribution >= 0.6 is 0 Å². The molecule has 2 N–H and O–H groups in total. The molecule has 2 heterocycles. The first kappa shape index (κ1) is 11.6. The lowest BCUT2D eigenvalue weighted by molar-refractivity contribution is 0.0390. The molecule has 0 bridgehead atoms. The van der Waals surface area contributed by atoms with Crippen LogP contribution in [-0.4, -0.2) is 35.1 Å². The van der Waals surface area contributed by atoms with Crippen molar-refractivity contribution >= 4 is 0 Å². The van der Waals surface area contributed by atoms with Gasteiger partial charge in [-0.2, -0.15) is 0 Å². The van der Waals surface area contributed by atoms with E-state index in [1.165, 1.54) is 5.56 Å². The number of pyridine rings is 1. The Bertz CT molecular complexity index is 328. The van der Waals surface area contributed by atoms with Gasteiger partial charge in [-0.05, 0) is 30.0 Å². The van der Waals surface area contributed by atoms with Gasteiger partial charge in [-0.25, -0.2) is 0 Å². The smallest absolute Gasteiger partial charge is 0.0435 e. The predicted molar refractivity (Wildman–Crippen MR) is 66.1 cm³/mol. The number of aromatic nitrogens is 1. The van der Waals surface area contributed by atoms with Gasteiger partial charge < -0.3 is 5.73 Å². The maximum absolute atomic E-state index is 6.25. The molecule has 88 valence electrons. The molecule has 0 aromatic carbocycles. The summed E-state index contributed by atoms with van der Waals surface area (Å²) < 4.78 is 0. The van der Waals surface area contributed by atoms with Crippen LogP contribution in [0.4, 0.5) is 0 Å². The maximum Gasteiger partial charge on any atom is 0.0435 e. The number of nitrogens with two attached hydrogens (primary N) is 1. The van der Waals surface area contributed by atoms with Crippen molar-refractivity contribution in [1.29, 1.82) is 0 Å². The van der Waals surface area contributed by atoms with Crippen LogP contribution in [0.2, 0.25) is 0 Å². The Balaban J connectivity index is 1.75. The van der Waals surface area contributed by atoms with Gasteiger partial charge in [0, 0.05) is 37.6 Å². The minimum absolute atomic E-state index is 0.0538. The fraction of sp³-hybridized carbons (Fsp3) is 0.615. The molecule has 16 heavy (non-hydrogen) atoms. The van der Waals surface area contributed by atoms with Crippen LogP contribution in [0.1, 0.15) is 19.4 Å². The van der Waals surface area contributed by atoms with Gasteiger partial charge in [0.2, 0.25) is 0 Å². The van der Waals surface area contributed by atoms with Gasteiger partial charge in [-0.1, -0.05) is 13.8 Å². The Morgan fingerprint density at radius 3 is 2.56 bits per heavy atom. The Kier molecular flexibility index (Phi) is 3.26. The first-order chi connectivity index (χ1) is 7.60. The van der Waals surface area contributed by atoms with E-state index in [2.05, 4.69) is 35.9 Å². The van der Waals surface area contributed by atoms with E-state index in [9.17, 15) is 0 Å². The Morgan fingerprint density at radius 2 is 2.00 bits per heavy atom. The van der Waals surface area contributed by atoms with Crippen molar-refractivity contribution in [1.82, 2.24) is 9.88 Å². The lowest BCUT2D eigenvalue weighted by atomic mass is 9.80. The highest BCUT2D eigenvalue weighted by Gasteiger charge is 2.41. The Labute approximate surface area is 97.7 Å². The third kappa shape index (κ3) is 2.42. The van der Waals surface area contributed by atoms with Gasteiger partial charge in [-0.15, -0.1) is 0 Å². The molecule has 3 heteroatoms. The number of hydrogen-bond donors (Lipinski definition) is 1. The molecule has 0 radical (unpaired) electrons. The van der Waals surface area contributed by atoms with E-state index in [1.807, 2.05) is 12.4 Å². The molecule has 0 aliphatic carbocycles. The zero-order chi connectivity index (χ0) is 11.6. The molecule has 0 saturated carbocycles. The Morgan fingerprint density at radius 1 is 1.38 bits per heavy atom. The highest BCUT2D eigenvalue weighted by atomic mass is 15.2. The van der Waals surface area contributed by atoms with Gasteiger partial charge >= 0.3 is 0 Å². The molecule has 0 unspecified atom stereocenters. The predicted octanol–water partition coefficient (Wildman–Crippen LogP) is 1.29. The van der Waals surface area contributed by atoms with E-state index >= 15 is 0 Å². The topological polar surface area (TPSA) is 42.1 Å². The molecule has 0 atom stereocenters. The average molecular weight is 219 g/mol. The summed E-state index contributed by atoms with van der Waals surface area (Å²) in [5.41, 5.74) is 7.66. The highest BCUT2D eigenvalue weighted by Crippen LogP contribution is 2.25. The summed E-state index contributed by atoms with van der Waals surface area (Å²) in [4.78, 5) is 6.45. The number of nitrogens with zero attached hydrogens (tertiary/aromatic N) is 2. The van der Waals surface area contributed by atoms with Crippen LogP contribution in [-0.2, 0) is 6.42 Å². The molecular formula is C13H21N3. The summed E-state index contributed by atoms with van der Waals surface area (Å²) in [6, 6.07) is 4.16. The molecule has 1 aliphatic heterocycles. The minimum Gasteiger partial charge on any atom is -0.323 e. The summed E-state index contributed by atoms with van der Waals surface area (Å²) >= 11 is 0. The van der Waals surface area contributed by atoms with Crippen molar-refractivity contribution in [3.63, 3.8) is 0 Å². The average Bonchev–Trinajstić information content (AvgIpc) is 2.24. The number of likely N-dealkylation sites (tertiary alicyclic amines) is 1. The first-order valence-corrected chi connectivity index (χ1v) is 6.00. The molecule has 0 amide bonds. The SMILES string of the molecule is CC(C)C1(N)CN(CCc2ccncc2)C1. The highest BCUT2D eigenvalue weighted by molar-refractivity contribution is 5.11. The summed E-state index contributed by atoms with van der Waals surface area (Å²) in [5.74, 6) is 0.574. The van der Waals surface area contributed by atoms with Gasteiger partial charge in [0.15, 0.2) is 0 Å². The summed E-state index contributed by atoms with van der Waals surface area (Å²) in [5, 5.41) is 0. The second-order valence-electron chi connectivity index (χ2n) is 5.20. The monoisotopic (exact) mass is 219 g/mol. The third-order valence-electron chi connectivity index (χ3n) is 3.65. The first-order valence-electron chi connectivity index (χ1n) is 6.00. The summed E-state index contributed by atoms with van der Waals surface area (Å²) in [6.45, 7) is 7.60. The number of rotatable bonds is 4. The maximum atomic E-state index is 6.25. The minimum atomic E-state index is 0.0538. The molecule has 1 aromatic rings. The van der Waals surface area contributed by atoms with Crippen molar-refractivity contribution in [3.05, 3.63) is 30.1 Å². The second kappa shape index (κ2) is 4.52.